The standard InChI is InChI=1S/C19H31B3N4O6/c1-11(28-20(27)12-9-13-14(23)25-26-15(13)24-10-12)19(8)18(6,7)31-22(32-19)21-29-16(2,3)17(4,5)30-21/h9-11,27H,1-8H3,(H3,23,24,25,26). The number of nitrogens with zero attached hydrogens (tertiary/aromatic N) is 2. The van der Waals surface area contributed by atoms with Gasteiger partial charge in [0.15, 0.2) is 5.65 Å². The van der Waals surface area contributed by atoms with Crippen molar-refractivity contribution in [1.29, 1.82) is 0 Å². The summed E-state index contributed by atoms with van der Waals surface area (Å²) < 4.78 is 30.8. The molecule has 4 heterocycles. The molecule has 2 atom stereocenters. The van der Waals surface area contributed by atoms with Crippen LogP contribution in [0.2, 0.25) is 0 Å². The molecule has 4 rings (SSSR count). The lowest BCUT2D eigenvalue weighted by molar-refractivity contribution is -0.0839. The summed E-state index contributed by atoms with van der Waals surface area (Å²) >= 11 is 0. The molecule has 2 unspecified atom stereocenters. The van der Waals surface area contributed by atoms with Crippen LogP contribution in [0.3, 0.4) is 0 Å². The molecule has 13 heteroatoms. The maximum absolute atomic E-state index is 10.8. The highest BCUT2D eigenvalue weighted by Crippen LogP contribution is 2.45. The van der Waals surface area contributed by atoms with E-state index in [-0.39, 0.29) is 0 Å². The van der Waals surface area contributed by atoms with E-state index in [2.05, 4.69) is 15.2 Å². The Balaban J connectivity index is 1.50. The van der Waals surface area contributed by atoms with E-state index >= 15 is 0 Å². The third kappa shape index (κ3) is 3.65. The van der Waals surface area contributed by atoms with Gasteiger partial charge in [-0.15, -0.1) is 0 Å². The molecular weight excluding hydrogens is 413 g/mol. The summed E-state index contributed by atoms with van der Waals surface area (Å²) in [5, 5.41) is 18.0. The first-order chi connectivity index (χ1) is 14.7. The van der Waals surface area contributed by atoms with E-state index in [0.717, 1.165) is 0 Å². The Morgan fingerprint density at radius 3 is 2.22 bits per heavy atom. The minimum absolute atomic E-state index is 0.375. The Kier molecular flexibility index (Phi) is 5.47. The molecule has 2 fully saturated rings. The smallest absolute Gasteiger partial charge is 0.423 e. The van der Waals surface area contributed by atoms with Gasteiger partial charge < -0.3 is 34.0 Å². The molecule has 4 N–H and O–H groups in total. The number of hydrogen-bond donors (Lipinski definition) is 3. The molecule has 0 aromatic carbocycles. The molecule has 172 valence electrons. The van der Waals surface area contributed by atoms with E-state index in [1.165, 1.54) is 6.20 Å². The fourth-order valence-corrected chi connectivity index (χ4v) is 3.98. The van der Waals surface area contributed by atoms with E-state index in [4.69, 9.17) is 29.0 Å². The number of nitrogen functional groups attached to an aromatic ring is 1. The molecule has 0 saturated carbocycles. The Morgan fingerprint density at radius 2 is 1.59 bits per heavy atom. The van der Waals surface area contributed by atoms with Gasteiger partial charge in [-0.3, -0.25) is 5.10 Å². The zero-order chi connectivity index (χ0) is 23.7. The van der Waals surface area contributed by atoms with Crippen molar-refractivity contribution in [2.75, 3.05) is 5.73 Å². The average Bonchev–Trinajstić information content (AvgIpc) is 3.25. The van der Waals surface area contributed by atoms with Crippen LogP contribution in [0.25, 0.3) is 11.0 Å². The third-order valence-electron chi connectivity index (χ3n) is 7.32. The van der Waals surface area contributed by atoms with Gasteiger partial charge in [0.05, 0.1) is 28.3 Å². The zero-order valence-electron chi connectivity index (χ0n) is 19.9. The molecule has 2 aliphatic rings. The van der Waals surface area contributed by atoms with Crippen molar-refractivity contribution in [3.05, 3.63) is 12.3 Å². The number of aromatic amines is 1. The molecule has 0 spiro atoms. The van der Waals surface area contributed by atoms with Crippen molar-refractivity contribution >= 4 is 43.5 Å². The normalized spacial score (nSPS) is 27.3. The summed E-state index contributed by atoms with van der Waals surface area (Å²) in [6.45, 7) is 15.5. The minimum atomic E-state index is -1.25. The van der Waals surface area contributed by atoms with Crippen molar-refractivity contribution in [3.63, 3.8) is 0 Å². The Morgan fingerprint density at radius 1 is 1.03 bits per heavy atom. The van der Waals surface area contributed by atoms with Gasteiger partial charge >= 0.3 is 21.1 Å². The molecule has 32 heavy (non-hydrogen) atoms. The SMILES string of the molecule is CC(OB(O)c1cnc2n[nH]c(N)c2c1)C1(C)OB(B2OC(C)(C)C(C)(C)O2)OC1(C)C. The lowest BCUT2D eigenvalue weighted by Gasteiger charge is -2.41. The third-order valence-corrected chi connectivity index (χ3v) is 7.32. The lowest BCUT2D eigenvalue weighted by atomic mass is 9.49. The van der Waals surface area contributed by atoms with Crippen molar-refractivity contribution in [2.24, 2.45) is 0 Å². The van der Waals surface area contributed by atoms with Crippen LogP contribution in [0.4, 0.5) is 5.82 Å². The van der Waals surface area contributed by atoms with Crippen molar-refractivity contribution in [3.8, 4) is 0 Å². The predicted octanol–water partition coefficient (Wildman–Crippen LogP) is 0.876. The van der Waals surface area contributed by atoms with Crippen LogP contribution in [-0.4, -0.2) is 69.9 Å². The molecule has 10 nitrogen and oxygen atoms in total. The van der Waals surface area contributed by atoms with E-state index in [1.807, 2.05) is 55.4 Å². The number of nitrogens with one attached hydrogen (secondary N) is 1. The fourth-order valence-electron chi connectivity index (χ4n) is 3.98. The van der Waals surface area contributed by atoms with Crippen LogP contribution in [0.1, 0.15) is 55.4 Å². The maximum atomic E-state index is 10.8. The monoisotopic (exact) mass is 444 g/mol. The van der Waals surface area contributed by atoms with E-state index in [1.54, 1.807) is 6.07 Å². The predicted molar refractivity (Wildman–Crippen MR) is 123 cm³/mol. The van der Waals surface area contributed by atoms with Crippen LogP contribution < -0.4 is 11.2 Å². The largest absolute Gasteiger partial charge is 0.493 e. The summed E-state index contributed by atoms with van der Waals surface area (Å²) in [5.41, 5.74) is 4.13. The number of rotatable bonds is 5. The number of nitrogens with two attached hydrogens (primary N) is 1. The number of anilines is 1. The second kappa shape index (κ2) is 7.44. The molecule has 0 bridgehead atoms. The molecule has 0 amide bonds. The first-order valence-electron chi connectivity index (χ1n) is 10.8. The average molecular weight is 444 g/mol. The topological polar surface area (TPSA) is 134 Å². The van der Waals surface area contributed by atoms with Gasteiger partial charge in [-0.05, 0) is 61.5 Å². The molecule has 0 aliphatic carbocycles. The molecule has 2 aromatic heterocycles. The van der Waals surface area contributed by atoms with Crippen LogP contribution >= 0.6 is 0 Å². The van der Waals surface area contributed by atoms with Crippen LogP contribution in [0.5, 0.6) is 0 Å². The first kappa shape index (κ1) is 23.5. The second-order valence-electron chi connectivity index (χ2n) is 10.3. The van der Waals surface area contributed by atoms with Crippen molar-refractivity contribution < 1.29 is 28.3 Å². The number of pyridine rings is 1. The Hall–Kier alpha value is -1.63. The van der Waals surface area contributed by atoms with Crippen LogP contribution in [0, 0.1) is 0 Å². The Bertz CT molecular complexity index is 1000. The lowest BCUT2D eigenvalue weighted by Crippen LogP contribution is -2.56. The summed E-state index contributed by atoms with van der Waals surface area (Å²) in [6, 6.07) is 1.70. The fraction of sp³-hybridized carbons (Fsp3) is 0.684. The van der Waals surface area contributed by atoms with Crippen LogP contribution in [0.15, 0.2) is 12.3 Å². The van der Waals surface area contributed by atoms with Gasteiger partial charge in [0, 0.05) is 11.7 Å². The molecule has 0 radical (unpaired) electrons. The van der Waals surface area contributed by atoms with E-state index < -0.39 is 49.6 Å². The van der Waals surface area contributed by atoms with Gasteiger partial charge in [0.1, 0.15) is 11.4 Å². The van der Waals surface area contributed by atoms with Gasteiger partial charge in [-0.2, -0.15) is 5.10 Å². The highest BCUT2D eigenvalue weighted by atomic mass is 16.7. The van der Waals surface area contributed by atoms with Crippen molar-refractivity contribution in [2.45, 2.75) is 83.9 Å². The van der Waals surface area contributed by atoms with Crippen molar-refractivity contribution in [1.82, 2.24) is 15.2 Å². The van der Waals surface area contributed by atoms with E-state index in [0.29, 0.717) is 22.3 Å². The second-order valence-corrected chi connectivity index (χ2v) is 10.3. The Labute approximate surface area is 189 Å². The highest BCUT2D eigenvalue weighted by molar-refractivity contribution is 7.11. The number of H-pyrrole nitrogens is 1. The summed E-state index contributed by atoms with van der Waals surface area (Å²) in [7, 11) is -2.68. The minimum Gasteiger partial charge on any atom is -0.423 e. The number of fused-ring (bicyclic) bond motifs is 1. The van der Waals surface area contributed by atoms with Gasteiger partial charge in [0.2, 0.25) is 0 Å². The summed E-state index contributed by atoms with van der Waals surface area (Å²) in [6.07, 6.45) is 0.949. The number of aromatic nitrogens is 3. The molecular formula is C19H31B3N4O6. The summed E-state index contributed by atoms with van der Waals surface area (Å²) in [5.74, 6) is 0.375. The van der Waals surface area contributed by atoms with Gasteiger partial charge in [-0.25, -0.2) is 4.98 Å². The quantitative estimate of drug-likeness (QED) is 0.575. The van der Waals surface area contributed by atoms with Gasteiger partial charge in [-0.1, -0.05) is 0 Å². The molecule has 2 aliphatic heterocycles. The highest BCUT2D eigenvalue weighted by Gasteiger charge is 2.66. The zero-order valence-corrected chi connectivity index (χ0v) is 19.9. The maximum Gasteiger partial charge on any atom is 0.493 e. The van der Waals surface area contributed by atoms with Gasteiger partial charge in [0.25, 0.3) is 0 Å². The molecule has 2 saturated heterocycles. The molecule has 2 aromatic rings. The van der Waals surface area contributed by atoms with Crippen LogP contribution in [-0.2, 0) is 23.3 Å². The number of hydrogen-bond acceptors (Lipinski definition) is 9. The van der Waals surface area contributed by atoms with E-state index in [9.17, 15) is 5.02 Å². The summed E-state index contributed by atoms with van der Waals surface area (Å²) in [4.78, 5) is 4.21. The first-order valence-corrected chi connectivity index (χ1v) is 10.8.